The van der Waals surface area contributed by atoms with Crippen molar-refractivity contribution in [2.45, 2.75) is 52.2 Å². The predicted octanol–water partition coefficient (Wildman–Crippen LogP) is 2.69. The van der Waals surface area contributed by atoms with E-state index >= 15 is 0 Å². The van der Waals surface area contributed by atoms with Gasteiger partial charge in [0.1, 0.15) is 0 Å². The zero-order chi connectivity index (χ0) is 21.2. The third-order valence-corrected chi connectivity index (χ3v) is 8.33. The maximum absolute atomic E-state index is 12.9. The molecule has 0 saturated heterocycles. The maximum atomic E-state index is 12.9. The topological polar surface area (TPSA) is 97.7 Å². The molecule has 0 aromatic rings. The van der Waals surface area contributed by atoms with E-state index in [0.717, 1.165) is 25.5 Å². The van der Waals surface area contributed by atoms with Crippen LogP contribution in [0.15, 0.2) is 35.5 Å². The van der Waals surface area contributed by atoms with Crippen molar-refractivity contribution in [3.8, 4) is 0 Å². The van der Waals surface area contributed by atoms with Gasteiger partial charge in [0.2, 0.25) is 6.29 Å². The summed E-state index contributed by atoms with van der Waals surface area (Å²) < 4.78 is 27.2. The highest BCUT2D eigenvalue weighted by atomic mass is 32.2. The van der Waals surface area contributed by atoms with Gasteiger partial charge in [0.05, 0.1) is 6.26 Å². The molecule has 4 rings (SSSR count). The predicted molar refractivity (Wildman–Crippen MR) is 107 cm³/mol. The van der Waals surface area contributed by atoms with E-state index in [2.05, 4.69) is 24.1 Å². The number of aliphatic hydroxyl groups excluding tert-OH is 1. The normalized spacial score (nSPS) is 39.7. The SMILES string of the molecule is C[C@]12C=CC(=O)C=C1CC[C@@H]1C2=CC[C@]2(C)[C@@H](C(=O)C(O)OS(C)(=O)=O)CC[C@@H]12. The summed E-state index contributed by atoms with van der Waals surface area (Å²) in [5.41, 5.74) is 1.93. The number of fused-ring (bicyclic) bond motifs is 5. The van der Waals surface area contributed by atoms with Gasteiger partial charge in [0, 0.05) is 11.3 Å². The first-order valence-electron chi connectivity index (χ1n) is 10.2. The molecule has 29 heavy (non-hydrogen) atoms. The lowest BCUT2D eigenvalue weighted by atomic mass is 9.52. The van der Waals surface area contributed by atoms with Gasteiger partial charge in [-0.3, -0.25) is 9.59 Å². The van der Waals surface area contributed by atoms with Crippen LogP contribution < -0.4 is 0 Å². The molecule has 6 nitrogen and oxygen atoms in total. The van der Waals surface area contributed by atoms with Crippen LogP contribution >= 0.6 is 0 Å². The first-order valence-corrected chi connectivity index (χ1v) is 12.0. The van der Waals surface area contributed by atoms with E-state index in [1.165, 1.54) is 11.1 Å². The number of aliphatic hydroxyl groups is 1. The molecule has 0 bridgehead atoms. The summed E-state index contributed by atoms with van der Waals surface area (Å²) >= 11 is 0. The fourth-order valence-electron chi connectivity index (χ4n) is 6.37. The lowest BCUT2D eigenvalue weighted by Gasteiger charge is -2.52. The van der Waals surface area contributed by atoms with Crippen LogP contribution in [-0.2, 0) is 23.9 Å². The molecule has 0 aliphatic heterocycles. The molecule has 0 spiro atoms. The first-order chi connectivity index (χ1) is 13.5. The lowest BCUT2D eigenvalue weighted by molar-refractivity contribution is -0.149. The van der Waals surface area contributed by atoms with Crippen LogP contribution in [-0.4, -0.2) is 37.6 Å². The molecule has 7 heteroatoms. The molecule has 2 saturated carbocycles. The number of allylic oxidation sites excluding steroid dienone is 6. The molecular weight excluding hydrogens is 392 g/mol. The third-order valence-electron chi connectivity index (χ3n) is 7.80. The van der Waals surface area contributed by atoms with E-state index in [9.17, 15) is 23.1 Å². The summed E-state index contributed by atoms with van der Waals surface area (Å²) in [6.45, 7) is 4.26. The quantitative estimate of drug-likeness (QED) is 0.427. The average Bonchev–Trinajstić information content (AvgIpc) is 2.97. The number of carbonyl (C=O) groups is 2. The van der Waals surface area contributed by atoms with Gasteiger partial charge in [-0.05, 0) is 68.4 Å². The largest absolute Gasteiger partial charge is 0.361 e. The molecule has 0 aromatic carbocycles. The van der Waals surface area contributed by atoms with E-state index < -0.39 is 28.1 Å². The van der Waals surface area contributed by atoms with Gasteiger partial charge in [0.15, 0.2) is 11.6 Å². The molecule has 2 fully saturated rings. The second-order valence-electron chi connectivity index (χ2n) is 9.41. The van der Waals surface area contributed by atoms with Crippen molar-refractivity contribution in [2.75, 3.05) is 6.26 Å². The Labute approximate surface area is 171 Å². The summed E-state index contributed by atoms with van der Waals surface area (Å²) in [6.07, 6.45) is 10.5. The van der Waals surface area contributed by atoms with Gasteiger partial charge in [-0.2, -0.15) is 8.42 Å². The van der Waals surface area contributed by atoms with Gasteiger partial charge in [0.25, 0.3) is 10.1 Å². The Kier molecular flexibility index (Phi) is 4.80. The monoisotopic (exact) mass is 420 g/mol. The molecule has 1 N–H and O–H groups in total. The van der Waals surface area contributed by atoms with E-state index in [-0.39, 0.29) is 22.5 Å². The van der Waals surface area contributed by atoms with Crippen molar-refractivity contribution in [1.29, 1.82) is 0 Å². The van der Waals surface area contributed by atoms with Crippen LogP contribution in [0.5, 0.6) is 0 Å². The molecule has 0 amide bonds. The molecule has 0 heterocycles. The van der Waals surface area contributed by atoms with E-state index in [1.807, 2.05) is 6.08 Å². The summed E-state index contributed by atoms with van der Waals surface area (Å²) in [4.78, 5) is 24.7. The summed E-state index contributed by atoms with van der Waals surface area (Å²) in [5, 5.41) is 10.1. The molecule has 0 radical (unpaired) electrons. The highest BCUT2D eigenvalue weighted by Crippen LogP contribution is 2.64. The summed E-state index contributed by atoms with van der Waals surface area (Å²) in [5.74, 6) is -0.326. The zero-order valence-electron chi connectivity index (χ0n) is 17.1. The van der Waals surface area contributed by atoms with Crippen LogP contribution in [0.2, 0.25) is 0 Å². The Bertz CT molecular complexity index is 958. The lowest BCUT2D eigenvalue weighted by Crippen LogP contribution is -2.46. The van der Waals surface area contributed by atoms with Gasteiger partial charge < -0.3 is 5.11 Å². The number of hydrogen-bond acceptors (Lipinski definition) is 6. The number of hydrogen-bond donors (Lipinski definition) is 1. The molecule has 158 valence electrons. The van der Waals surface area contributed by atoms with Crippen LogP contribution in [0.4, 0.5) is 0 Å². The fraction of sp³-hybridized carbons (Fsp3) is 0.636. The standard InChI is InChI=1S/C22H28O6S/c1-21-10-8-14(23)12-13(21)4-5-15-16-6-7-18(22(16,2)11-9-17(15)21)19(24)20(25)28-29(3,26)27/h8-10,12,15-16,18,20,25H,4-7,11H2,1-3H3/t15-,16-,18+,20?,21-,22-/m0/s1. The van der Waals surface area contributed by atoms with Crippen molar-refractivity contribution < 1.29 is 27.3 Å². The van der Waals surface area contributed by atoms with Crippen molar-refractivity contribution in [3.05, 3.63) is 35.5 Å². The Morgan fingerprint density at radius 1 is 1.28 bits per heavy atom. The van der Waals surface area contributed by atoms with Gasteiger partial charge in [-0.1, -0.05) is 30.2 Å². The van der Waals surface area contributed by atoms with E-state index in [4.69, 9.17) is 0 Å². The second kappa shape index (κ2) is 6.72. The zero-order valence-corrected chi connectivity index (χ0v) is 17.9. The Balaban J connectivity index is 1.63. The minimum absolute atomic E-state index is 0.0450. The van der Waals surface area contributed by atoms with Gasteiger partial charge >= 0.3 is 0 Å². The molecule has 1 unspecified atom stereocenters. The molecule has 0 aromatic heterocycles. The molecule has 4 aliphatic rings. The highest BCUT2D eigenvalue weighted by Gasteiger charge is 2.57. The van der Waals surface area contributed by atoms with Crippen molar-refractivity contribution >= 4 is 21.7 Å². The van der Waals surface area contributed by atoms with E-state index in [1.54, 1.807) is 12.2 Å². The van der Waals surface area contributed by atoms with E-state index in [0.29, 0.717) is 18.8 Å². The highest BCUT2D eigenvalue weighted by molar-refractivity contribution is 7.86. The number of Topliss-reactive ketones (excluding diaryl/α,β-unsaturated/α-hetero) is 1. The second-order valence-corrected chi connectivity index (χ2v) is 11.0. The van der Waals surface area contributed by atoms with Gasteiger partial charge in [-0.15, -0.1) is 0 Å². The van der Waals surface area contributed by atoms with Crippen LogP contribution in [0, 0.1) is 28.6 Å². The summed E-state index contributed by atoms with van der Waals surface area (Å²) in [6, 6.07) is 0. The number of ketones is 2. The molecule has 4 aliphatic carbocycles. The Hall–Kier alpha value is -1.57. The van der Waals surface area contributed by atoms with Crippen LogP contribution in [0.1, 0.15) is 46.0 Å². The van der Waals surface area contributed by atoms with Gasteiger partial charge in [-0.25, -0.2) is 4.18 Å². The van der Waals surface area contributed by atoms with Crippen molar-refractivity contribution in [3.63, 3.8) is 0 Å². The minimum Gasteiger partial charge on any atom is -0.361 e. The fourth-order valence-corrected chi connectivity index (χ4v) is 6.80. The van der Waals surface area contributed by atoms with Crippen molar-refractivity contribution in [1.82, 2.24) is 0 Å². The Morgan fingerprint density at radius 2 is 2.00 bits per heavy atom. The molecule has 6 atom stereocenters. The molecular formula is C22H28O6S. The van der Waals surface area contributed by atoms with Crippen LogP contribution in [0.25, 0.3) is 0 Å². The minimum atomic E-state index is -3.92. The first kappa shape index (κ1) is 20.7. The maximum Gasteiger partial charge on any atom is 0.267 e. The Morgan fingerprint density at radius 3 is 2.69 bits per heavy atom. The summed E-state index contributed by atoms with van der Waals surface area (Å²) in [7, 11) is -3.92. The van der Waals surface area contributed by atoms with Crippen molar-refractivity contribution in [2.24, 2.45) is 28.6 Å². The smallest absolute Gasteiger partial charge is 0.267 e. The number of rotatable bonds is 4. The average molecular weight is 421 g/mol. The number of carbonyl (C=O) groups excluding carboxylic acids is 2. The third kappa shape index (κ3) is 3.27. The van der Waals surface area contributed by atoms with Crippen LogP contribution in [0.3, 0.4) is 0 Å².